The van der Waals surface area contributed by atoms with Crippen LogP contribution in [0.25, 0.3) is 0 Å². The lowest BCUT2D eigenvalue weighted by molar-refractivity contribution is 0.475. The van der Waals surface area contributed by atoms with Crippen LogP contribution in [0.2, 0.25) is 0 Å². The Balaban J connectivity index is 2.65. The van der Waals surface area contributed by atoms with Gasteiger partial charge in [0, 0.05) is 4.90 Å². The normalized spacial score (nSPS) is 9.50. The average molecular weight is 180 g/mol. The largest absolute Gasteiger partial charge is 0.508 e. The molecule has 0 unspecified atom stereocenters. The van der Waals surface area contributed by atoms with Gasteiger partial charge in [0.15, 0.2) is 0 Å². The van der Waals surface area contributed by atoms with E-state index in [2.05, 4.69) is 19.3 Å². The molecule has 0 bridgehead atoms. The highest BCUT2D eigenvalue weighted by molar-refractivity contribution is 8.02. The fourth-order valence-electron chi connectivity index (χ4n) is 0.711. The van der Waals surface area contributed by atoms with E-state index < -0.39 is 0 Å². The predicted molar refractivity (Wildman–Crippen MR) is 53.4 cm³/mol. The van der Waals surface area contributed by atoms with Gasteiger partial charge < -0.3 is 5.11 Å². The second-order valence-corrected chi connectivity index (χ2v) is 3.75. The number of phenols is 1. The number of hydrogen-bond acceptors (Lipinski definition) is 2. The lowest BCUT2D eigenvalue weighted by atomic mass is 10.3. The molecular formula is C10H12OS. The van der Waals surface area contributed by atoms with Gasteiger partial charge in [-0.1, -0.05) is 17.3 Å². The van der Waals surface area contributed by atoms with Gasteiger partial charge >= 0.3 is 0 Å². The molecule has 0 aliphatic heterocycles. The van der Waals surface area contributed by atoms with Crippen LogP contribution in [0.1, 0.15) is 13.8 Å². The van der Waals surface area contributed by atoms with Crippen molar-refractivity contribution < 1.29 is 5.11 Å². The summed E-state index contributed by atoms with van der Waals surface area (Å²) in [7, 11) is 0. The highest BCUT2D eigenvalue weighted by Gasteiger charge is 1.90. The van der Waals surface area contributed by atoms with E-state index in [-0.39, 0.29) is 0 Å². The van der Waals surface area contributed by atoms with Crippen LogP contribution >= 0.6 is 11.8 Å². The zero-order valence-corrected chi connectivity index (χ0v) is 8.06. The quantitative estimate of drug-likeness (QED) is 0.704. The van der Waals surface area contributed by atoms with Gasteiger partial charge in [-0.2, -0.15) is 0 Å². The van der Waals surface area contributed by atoms with Crippen molar-refractivity contribution in [3.8, 4) is 5.75 Å². The molecule has 0 atom stereocenters. The zero-order valence-electron chi connectivity index (χ0n) is 7.24. The third-order valence-electron chi connectivity index (χ3n) is 1.27. The first-order valence-electron chi connectivity index (χ1n) is 3.77. The van der Waals surface area contributed by atoms with E-state index >= 15 is 0 Å². The first kappa shape index (κ1) is 9.20. The number of allylic oxidation sites excluding steroid dienone is 1. The average Bonchev–Trinajstić information content (AvgIpc) is 2.03. The molecule has 12 heavy (non-hydrogen) atoms. The van der Waals surface area contributed by atoms with E-state index in [1.807, 2.05) is 12.1 Å². The smallest absolute Gasteiger partial charge is 0.115 e. The Bertz CT molecular complexity index is 270. The van der Waals surface area contributed by atoms with Gasteiger partial charge in [0.1, 0.15) is 5.75 Å². The molecule has 0 spiro atoms. The van der Waals surface area contributed by atoms with E-state index in [0.717, 1.165) is 4.90 Å². The Morgan fingerprint density at radius 2 is 1.83 bits per heavy atom. The van der Waals surface area contributed by atoms with Crippen molar-refractivity contribution >= 4 is 11.8 Å². The minimum absolute atomic E-state index is 0.316. The van der Waals surface area contributed by atoms with Crippen LogP contribution in [-0.4, -0.2) is 5.11 Å². The summed E-state index contributed by atoms with van der Waals surface area (Å²) in [6.45, 7) is 4.13. The molecule has 1 rings (SSSR count). The van der Waals surface area contributed by atoms with Gasteiger partial charge in [-0.3, -0.25) is 0 Å². The fraction of sp³-hybridized carbons (Fsp3) is 0.200. The SMILES string of the molecule is CC(C)=CSc1ccc(O)cc1. The van der Waals surface area contributed by atoms with Gasteiger partial charge in [-0.25, -0.2) is 0 Å². The van der Waals surface area contributed by atoms with E-state index in [4.69, 9.17) is 5.11 Å². The van der Waals surface area contributed by atoms with Crippen LogP contribution in [0.4, 0.5) is 0 Å². The number of rotatable bonds is 2. The van der Waals surface area contributed by atoms with Gasteiger partial charge in [0.25, 0.3) is 0 Å². The fourth-order valence-corrected chi connectivity index (χ4v) is 1.38. The molecular weight excluding hydrogens is 168 g/mol. The molecule has 0 aromatic heterocycles. The number of hydrogen-bond donors (Lipinski definition) is 1. The Morgan fingerprint density at radius 1 is 1.25 bits per heavy atom. The van der Waals surface area contributed by atoms with Crippen molar-refractivity contribution in [1.82, 2.24) is 0 Å². The highest BCUT2D eigenvalue weighted by Crippen LogP contribution is 2.22. The maximum atomic E-state index is 9.01. The van der Waals surface area contributed by atoms with Crippen LogP contribution in [0.15, 0.2) is 40.1 Å². The lowest BCUT2D eigenvalue weighted by Gasteiger charge is -1.96. The van der Waals surface area contributed by atoms with Crippen LogP contribution in [-0.2, 0) is 0 Å². The third-order valence-corrected chi connectivity index (χ3v) is 2.40. The molecule has 2 heteroatoms. The summed E-state index contributed by atoms with van der Waals surface area (Å²) >= 11 is 1.66. The summed E-state index contributed by atoms with van der Waals surface area (Å²) in [6, 6.07) is 7.20. The maximum absolute atomic E-state index is 9.01. The molecule has 64 valence electrons. The van der Waals surface area contributed by atoms with Crippen molar-refractivity contribution in [2.75, 3.05) is 0 Å². The minimum atomic E-state index is 0.316. The summed E-state index contributed by atoms with van der Waals surface area (Å²) in [5.41, 5.74) is 1.29. The number of thioether (sulfide) groups is 1. The predicted octanol–water partition coefficient (Wildman–Crippen LogP) is 3.41. The molecule has 0 saturated carbocycles. The van der Waals surface area contributed by atoms with Crippen molar-refractivity contribution in [1.29, 1.82) is 0 Å². The minimum Gasteiger partial charge on any atom is -0.508 e. The summed E-state index contributed by atoms with van der Waals surface area (Å²) in [6.07, 6.45) is 0. The summed E-state index contributed by atoms with van der Waals surface area (Å²) in [4.78, 5) is 1.15. The van der Waals surface area contributed by atoms with Gasteiger partial charge in [0.05, 0.1) is 0 Å². The Morgan fingerprint density at radius 3 is 2.33 bits per heavy atom. The second kappa shape index (κ2) is 4.21. The topological polar surface area (TPSA) is 20.2 Å². The highest BCUT2D eigenvalue weighted by atomic mass is 32.2. The van der Waals surface area contributed by atoms with E-state index in [0.29, 0.717) is 5.75 Å². The molecule has 0 amide bonds. The Labute approximate surface area is 77.1 Å². The molecule has 0 aliphatic rings. The monoisotopic (exact) mass is 180 g/mol. The van der Waals surface area contributed by atoms with Crippen LogP contribution in [0.3, 0.4) is 0 Å². The van der Waals surface area contributed by atoms with Gasteiger partial charge in [-0.15, -0.1) is 0 Å². The molecule has 0 aliphatic carbocycles. The first-order chi connectivity index (χ1) is 5.68. The van der Waals surface area contributed by atoms with Crippen LogP contribution in [0, 0.1) is 0 Å². The molecule has 0 heterocycles. The van der Waals surface area contributed by atoms with Crippen LogP contribution in [0.5, 0.6) is 5.75 Å². The maximum Gasteiger partial charge on any atom is 0.115 e. The molecule has 1 aromatic rings. The molecule has 0 fully saturated rings. The summed E-state index contributed by atoms with van der Waals surface area (Å²) < 4.78 is 0. The molecule has 0 radical (unpaired) electrons. The van der Waals surface area contributed by atoms with E-state index in [9.17, 15) is 0 Å². The number of aromatic hydroxyl groups is 1. The van der Waals surface area contributed by atoms with E-state index in [1.54, 1.807) is 23.9 Å². The van der Waals surface area contributed by atoms with Gasteiger partial charge in [0.2, 0.25) is 0 Å². The van der Waals surface area contributed by atoms with Crippen molar-refractivity contribution in [3.63, 3.8) is 0 Å². The van der Waals surface area contributed by atoms with Crippen molar-refractivity contribution in [2.24, 2.45) is 0 Å². The van der Waals surface area contributed by atoms with Crippen molar-refractivity contribution in [3.05, 3.63) is 35.2 Å². The molecule has 1 nitrogen and oxygen atoms in total. The first-order valence-corrected chi connectivity index (χ1v) is 4.65. The number of benzene rings is 1. The van der Waals surface area contributed by atoms with Crippen molar-refractivity contribution in [2.45, 2.75) is 18.7 Å². The third kappa shape index (κ3) is 3.01. The molecule has 1 aromatic carbocycles. The molecule has 1 N–H and O–H groups in total. The van der Waals surface area contributed by atoms with Crippen LogP contribution < -0.4 is 0 Å². The summed E-state index contributed by atoms with van der Waals surface area (Å²) in [5.74, 6) is 0.316. The number of phenolic OH excluding ortho intramolecular Hbond substituents is 1. The standard InChI is InChI=1S/C10H12OS/c1-8(2)7-12-10-5-3-9(11)4-6-10/h3-7,11H,1-2H3. The Hall–Kier alpha value is -0.890. The zero-order chi connectivity index (χ0) is 8.97. The van der Waals surface area contributed by atoms with E-state index in [1.165, 1.54) is 5.57 Å². The summed E-state index contributed by atoms with van der Waals surface area (Å²) in [5, 5.41) is 11.1. The molecule has 0 saturated heterocycles. The second-order valence-electron chi connectivity index (χ2n) is 2.81. The lowest BCUT2D eigenvalue weighted by Crippen LogP contribution is -1.68. The Kier molecular flexibility index (Phi) is 3.23. The van der Waals surface area contributed by atoms with Gasteiger partial charge in [-0.05, 0) is 43.5 Å².